The number of hydrogen-bond acceptors (Lipinski definition) is 5. The Hall–Kier alpha value is -2.44. The molecule has 0 saturated heterocycles. The Morgan fingerprint density at radius 2 is 2.00 bits per heavy atom. The molecular weight excluding hydrogens is 230 g/mol. The van der Waals surface area contributed by atoms with E-state index in [2.05, 4.69) is 0 Å². The summed E-state index contributed by atoms with van der Waals surface area (Å²) in [4.78, 5) is 31.5. The smallest absolute Gasteiger partial charge is 0.342 e. The Morgan fingerprint density at radius 3 is 2.41 bits per heavy atom. The quantitative estimate of drug-likeness (QED) is 0.371. The molecule has 0 amide bonds. The molecule has 0 spiro atoms. The van der Waals surface area contributed by atoms with E-state index >= 15 is 0 Å². The number of carbonyl (C=O) groups is 2. The molecule has 17 heavy (non-hydrogen) atoms. The zero-order chi connectivity index (χ0) is 13.2. The monoisotopic (exact) mass is 239 g/mol. The normalized spacial score (nSPS) is 9.76. The molecule has 0 saturated carbocycles. The number of nitrogens with zero attached hydrogens (tertiary/aromatic N) is 1. The van der Waals surface area contributed by atoms with Crippen molar-refractivity contribution in [2.45, 2.75) is 13.8 Å². The highest BCUT2D eigenvalue weighted by molar-refractivity contribution is 5.93. The van der Waals surface area contributed by atoms with Gasteiger partial charge in [-0.25, -0.2) is 4.79 Å². The summed E-state index contributed by atoms with van der Waals surface area (Å²) in [6.07, 6.45) is 0. The van der Waals surface area contributed by atoms with Crippen LogP contribution in [0, 0.1) is 17.0 Å². The van der Waals surface area contributed by atoms with Gasteiger partial charge in [-0.2, -0.15) is 0 Å². The van der Waals surface area contributed by atoms with Gasteiger partial charge in [0.1, 0.15) is 11.3 Å². The molecule has 7 heteroatoms. The molecule has 0 fully saturated rings. The van der Waals surface area contributed by atoms with Crippen LogP contribution in [-0.4, -0.2) is 22.0 Å². The van der Waals surface area contributed by atoms with Gasteiger partial charge in [-0.1, -0.05) is 0 Å². The summed E-state index contributed by atoms with van der Waals surface area (Å²) in [7, 11) is 0. The van der Waals surface area contributed by atoms with Crippen LogP contribution < -0.4 is 4.74 Å². The third-order valence-corrected chi connectivity index (χ3v) is 2.05. The molecule has 0 bridgehead atoms. The van der Waals surface area contributed by atoms with Crippen LogP contribution in [0.2, 0.25) is 0 Å². The molecule has 1 N–H and O–H groups in total. The van der Waals surface area contributed by atoms with Crippen LogP contribution in [0.25, 0.3) is 0 Å². The van der Waals surface area contributed by atoms with Crippen molar-refractivity contribution >= 4 is 17.6 Å². The average Bonchev–Trinajstić information content (AvgIpc) is 2.19. The van der Waals surface area contributed by atoms with Crippen LogP contribution in [0.4, 0.5) is 5.69 Å². The first-order chi connectivity index (χ1) is 7.84. The van der Waals surface area contributed by atoms with Crippen molar-refractivity contribution in [1.82, 2.24) is 0 Å². The standard InChI is InChI=1S/C10H9NO6/c1-5-8(17-6(2)12)4-3-7(10(13)14)9(5)11(15)16/h3-4H,1-2H3,(H,13,14). The molecule has 0 aliphatic rings. The fraction of sp³-hybridized carbons (Fsp3) is 0.200. The fourth-order valence-electron chi connectivity index (χ4n) is 1.35. The number of aromatic carboxylic acids is 1. The number of rotatable bonds is 3. The first kappa shape index (κ1) is 12.6. The molecule has 0 radical (unpaired) electrons. The van der Waals surface area contributed by atoms with Crippen LogP contribution in [0.5, 0.6) is 5.75 Å². The molecule has 0 heterocycles. The summed E-state index contributed by atoms with van der Waals surface area (Å²) in [5.41, 5.74) is -1.01. The number of ether oxygens (including phenoxy) is 1. The van der Waals surface area contributed by atoms with Crippen molar-refractivity contribution in [2.75, 3.05) is 0 Å². The predicted octanol–water partition coefficient (Wildman–Crippen LogP) is 1.53. The SMILES string of the molecule is CC(=O)Oc1ccc(C(=O)O)c([N+](=O)[O-])c1C. The molecule has 1 aromatic rings. The number of nitro groups is 1. The molecular formula is C10H9NO6. The summed E-state index contributed by atoms with van der Waals surface area (Å²) >= 11 is 0. The maximum Gasteiger partial charge on any atom is 0.342 e. The van der Waals surface area contributed by atoms with Crippen LogP contribution in [-0.2, 0) is 4.79 Å². The van der Waals surface area contributed by atoms with E-state index in [-0.39, 0.29) is 11.3 Å². The lowest BCUT2D eigenvalue weighted by molar-refractivity contribution is -0.385. The lowest BCUT2D eigenvalue weighted by Crippen LogP contribution is -2.08. The summed E-state index contributed by atoms with van der Waals surface area (Å²) < 4.78 is 4.73. The van der Waals surface area contributed by atoms with E-state index in [0.29, 0.717) is 0 Å². The van der Waals surface area contributed by atoms with Crippen molar-refractivity contribution in [3.63, 3.8) is 0 Å². The van der Waals surface area contributed by atoms with E-state index in [9.17, 15) is 19.7 Å². The number of carboxylic acid groups (broad SMARTS) is 1. The van der Waals surface area contributed by atoms with Gasteiger partial charge in [0.25, 0.3) is 5.69 Å². The van der Waals surface area contributed by atoms with Gasteiger partial charge in [0.2, 0.25) is 0 Å². The molecule has 0 aliphatic heterocycles. The van der Waals surface area contributed by atoms with Crippen molar-refractivity contribution in [2.24, 2.45) is 0 Å². The second kappa shape index (κ2) is 4.60. The van der Waals surface area contributed by atoms with Crippen LogP contribution in [0.3, 0.4) is 0 Å². The second-order valence-electron chi connectivity index (χ2n) is 3.24. The first-order valence-corrected chi connectivity index (χ1v) is 4.54. The molecule has 0 aliphatic carbocycles. The maximum absolute atomic E-state index is 10.8. The average molecular weight is 239 g/mol. The highest BCUT2D eigenvalue weighted by Crippen LogP contribution is 2.31. The van der Waals surface area contributed by atoms with Gasteiger partial charge in [0, 0.05) is 6.92 Å². The Balaban J connectivity index is 3.43. The summed E-state index contributed by atoms with van der Waals surface area (Å²) in [6, 6.07) is 2.25. The molecule has 0 unspecified atom stereocenters. The molecule has 90 valence electrons. The van der Waals surface area contributed by atoms with E-state index in [1.165, 1.54) is 13.0 Å². The third-order valence-electron chi connectivity index (χ3n) is 2.05. The van der Waals surface area contributed by atoms with Gasteiger partial charge in [-0.15, -0.1) is 0 Å². The highest BCUT2D eigenvalue weighted by Gasteiger charge is 2.25. The molecule has 0 atom stereocenters. The Bertz CT molecular complexity index is 508. The van der Waals surface area contributed by atoms with Crippen molar-refractivity contribution < 1.29 is 24.4 Å². The Morgan fingerprint density at radius 1 is 1.41 bits per heavy atom. The topological polar surface area (TPSA) is 107 Å². The van der Waals surface area contributed by atoms with Gasteiger partial charge in [-0.3, -0.25) is 14.9 Å². The number of esters is 1. The summed E-state index contributed by atoms with van der Waals surface area (Å²) in [6.45, 7) is 2.47. The Labute approximate surface area is 95.8 Å². The molecule has 1 aromatic carbocycles. The molecule has 7 nitrogen and oxygen atoms in total. The fourth-order valence-corrected chi connectivity index (χ4v) is 1.35. The van der Waals surface area contributed by atoms with Gasteiger partial charge in [0.15, 0.2) is 0 Å². The van der Waals surface area contributed by atoms with Crippen molar-refractivity contribution in [3.8, 4) is 5.75 Å². The maximum atomic E-state index is 10.8. The summed E-state index contributed by atoms with van der Waals surface area (Å²) in [5, 5.41) is 19.6. The number of nitro benzene ring substituents is 1. The number of hydrogen-bond donors (Lipinski definition) is 1. The largest absolute Gasteiger partial charge is 0.477 e. The first-order valence-electron chi connectivity index (χ1n) is 4.54. The zero-order valence-corrected chi connectivity index (χ0v) is 9.09. The van der Waals surface area contributed by atoms with Gasteiger partial charge in [0.05, 0.1) is 10.5 Å². The van der Waals surface area contributed by atoms with E-state index in [1.54, 1.807) is 0 Å². The minimum absolute atomic E-state index is 0.00472. The minimum Gasteiger partial charge on any atom is -0.477 e. The van der Waals surface area contributed by atoms with E-state index in [1.807, 2.05) is 0 Å². The van der Waals surface area contributed by atoms with E-state index in [4.69, 9.17) is 9.84 Å². The lowest BCUT2D eigenvalue weighted by Gasteiger charge is -2.07. The van der Waals surface area contributed by atoms with Crippen LogP contribution in [0.1, 0.15) is 22.8 Å². The van der Waals surface area contributed by atoms with Crippen molar-refractivity contribution in [1.29, 1.82) is 0 Å². The molecule has 1 rings (SSSR count). The summed E-state index contributed by atoms with van der Waals surface area (Å²) in [5.74, 6) is -2.06. The third kappa shape index (κ3) is 2.57. The minimum atomic E-state index is -1.41. The van der Waals surface area contributed by atoms with Gasteiger partial charge in [-0.05, 0) is 19.1 Å². The highest BCUT2D eigenvalue weighted by atomic mass is 16.6. The van der Waals surface area contributed by atoms with Crippen LogP contribution in [0.15, 0.2) is 12.1 Å². The van der Waals surface area contributed by atoms with Crippen LogP contribution >= 0.6 is 0 Å². The van der Waals surface area contributed by atoms with E-state index in [0.717, 1.165) is 13.0 Å². The Kier molecular flexibility index (Phi) is 3.42. The lowest BCUT2D eigenvalue weighted by atomic mass is 10.1. The number of carboxylic acids is 1. The molecule has 0 aromatic heterocycles. The zero-order valence-electron chi connectivity index (χ0n) is 9.09. The van der Waals surface area contributed by atoms with Crippen molar-refractivity contribution in [3.05, 3.63) is 33.4 Å². The number of benzene rings is 1. The van der Waals surface area contributed by atoms with E-state index < -0.39 is 28.1 Å². The van der Waals surface area contributed by atoms with Gasteiger partial charge < -0.3 is 9.84 Å². The van der Waals surface area contributed by atoms with Gasteiger partial charge >= 0.3 is 11.9 Å². The number of carbonyl (C=O) groups excluding carboxylic acids is 1. The second-order valence-corrected chi connectivity index (χ2v) is 3.24. The predicted molar refractivity (Wildman–Crippen MR) is 56.1 cm³/mol.